The van der Waals surface area contributed by atoms with Crippen LogP contribution in [-0.2, 0) is 0 Å². The van der Waals surface area contributed by atoms with Gasteiger partial charge in [-0.1, -0.05) is 67.1 Å². The lowest BCUT2D eigenvalue weighted by Gasteiger charge is -1.96. The zero-order valence-electron chi connectivity index (χ0n) is 11.3. The summed E-state index contributed by atoms with van der Waals surface area (Å²) in [4.78, 5) is 0. The van der Waals surface area contributed by atoms with Gasteiger partial charge < -0.3 is 0 Å². The van der Waals surface area contributed by atoms with E-state index in [4.69, 9.17) is 0 Å². The smallest absolute Gasteiger partial charge is 0.0175 e. The summed E-state index contributed by atoms with van der Waals surface area (Å²) in [7, 11) is 0. The Morgan fingerprint density at radius 2 is 1.67 bits per heavy atom. The molecule has 0 aliphatic rings. The summed E-state index contributed by atoms with van der Waals surface area (Å²) in [5.41, 5.74) is 4.46. The molecule has 0 saturated heterocycles. The predicted molar refractivity (Wildman–Crippen MR) is 84.7 cm³/mol. The minimum Gasteiger partial charge on any atom is -0.125 e. The topological polar surface area (TPSA) is 0 Å². The Bertz CT molecular complexity index is 369. The van der Waals surface area contributed by atoms with Gasteiger partial charge in [-0.15, -0.1) is 5.73 Å². The lowest BCUT2D eigenvalue weighted by Crippen LogP contribution is -1.77. The molecule has 0 radical (unpaired) electrons. The third-order valence-corrected chi connectivity index (χ3v) is 3.47. The van der Waals surface area contributed by atoms with Crippen LogP contribution in [0.4, 0.5) is 0 Å². The van der Waals surface area contributed by atoms with Gasteiger partial charge in [-0.25, -0.2) is 0 Å². The monoisotopic (exact) mass is 306 g/mol. The fourth-order valence-corrected chi connectivity index (χ4v) is 2.09. The minimum atomic E-state index is 1.12. The minimum absolute atomic E-state index is 1.12. The van der Waals surface area contributed by atoms with Gasteiger partial charge in [0.25, 0.3) is 0 Å². The van der Waals surface area contributed by atoms with E-state index in [1.165, 1.54) is 44.1 Å². The molecule has 98 valence electrons. The van der Waals surface area contributed by atoms with Crippen LogP contribution >= 0.6 is 15.9 Å². The number of hydrogen-bond acceptors (Lipinski definition) is 0. The number of rotatable bonds is 8. The molecule has 0 atom stereocenters. The Balaban J connectivity index is 2.14. The first-order chi connectivity index (χ1) is 8.83. The Kier molecular flexibility index (Phi) is 8.63. The van der Waals surface area contributed by atoms with E-state index in [1.807, 2.05) is 6.08 Å². The molecule has 0 spiro atoms. The fraction of sp³-hybridized carbons (Fsp3) is 0.471. The van der Waals surface area contributed by atoms with Gasteiger partial charge in [0.2, 0.25) is 0 Å². The van der Waals surface area contributed by atoms with E-state index in [0.29, 0.717) is 0 Å². The van der Waals surface area contributed by atoms with Crippen molar-refractivity contribution in [1.82, 2.24) is 0 Å². The maximum absolute atomic E-state index is 3.43. The van der Waals surface area contributed by atoms with Gasteiger partial charge in [-0.3, -0.25) is 0 Å². The maximum atomic E-state index is 3.43. The summed E-state index contributed by atoms with van der Waals surface area (Å²) < 4.78 is 1.12. The van der Waals surface area contributed by atoms with Crippen LogP contribution in [-0.4, -0.2) is 0 Å². The van der Waals surface area contributed by atoms with Crippen molar-refractivity contribution >= 4 is 22.0 Å². The van der Waals surface area contributed by atoms with E-state index >= 15 is 0 Å². The average Bonchev–Trinajstić information content (AvgIpc) is 2.39. The second kappa shape index (κ2) is 10.2. The molecule has 18 heavy (non-hydrogen) atoms. The van der Waals surface area contributed by atoms with Gasteiger partial charge in [0.15, 0.2) is 0 Å². The zero-order chi connectivity index (χ0) is 13.1. The highest BCUT2D eigenvalue weighted by Gasteiger charge is 1.88. The fourth-order valence-electron chi connectivity index (χ4n) is 1.82. The lowest BCUT2D eigenvalue weighted by atomic mass is 10.1. The second-order valence-electron chi connectivity index (χ2n) is 4.62. The molecule has 0 N–H and O–H groups in total. The Morgan fingerprint density at radius 1 is 1.00 bits per heavy atom. The molecule has 1 rings (SSSR count). The van der Waals surface area contributed by atoms with Gasteiger partial charge >= 0.3 is 0 Å². The molecule has 0 fully saturated rings. The summed E-state index contributed by atoms with van der Waals surface area (Å²) in [5.74, 6) is 0. The largest absolute Gasteiger partial charge is 0.125 e. The van der Waals surface area contributed by atoms with Crippen LogP contribution in [0.15, 0.2) is 40.5 Å². The van der Waals surface area contributed by atoms with Crippen molar-refractivity contribution < 1.29 is 0 Å². The number of allylic oxidation sites excluding steroid dienone is 1. The average molecular weight is 307 g/mol. The van der Waals surface area contributed by atoms with Crippen molar-refractivity contribution in [3.05, 3.63) is 46.1 Å². The summed E-state index contributed by atoms with van der Waals surface area (Å²) in [6.07, 6.45) is 13.5. The molecule has 0 nitrogen and oxygen atoms in total. The van der Waals surface area contributed by atoms with Crippen molar-refractivity contribution in [3.8, 4) is 0 Å². The number of halogens is 1. The summed E-state index contributed by atoms with van der Waals surface area (Å²) >= 11 is 3.43. The van der Waals surface area contributed by atoms with E-state index < -0.39 is 0 Å². The maximum Gasteiger partial charge on any atom is 0.0175 e. The Labute approximate surface area is 120 Å². The molecule has 0 aliphatic heterocycles. The molecular weight excluding hydrogens is 284 g/mol. The Morgan fingerprint density at radius 3 is 2.39 bits per heavy atom. The molecule has 0 unspecified atom stereocenters. The number of unbranched alkanes of at least 4 members (excludes halogenated alkanes) is 6. The Hall–Kier alpha value is -0.780. The molecule has 0 heterocycles. The first-order valence-electron chi connectivity index (χ1n) is 6.99. The second-order valence-corrected chi connectivity index (χ2v) is 5.54. The first-order valence-corrected chi connectivity index (χ1v) is 7.78. The van der Waals surface area contributed by atoms with Crippen LogP contribution in [0.25, 0.3) is 6.08 Å². The van der Waals surface area contributed by atoms with E-state index in [-0.39, 0.29) is 0 Å². The van der Waals surface area contributed by atoms with Gasteiger partial charge in [-0.2, -0.15) is 0 Å². The zero-order valence-corrected chi connectivity index (χ0v) is 12.9. The van der Waals surface area contributed by atoms with E-state index in [0.717, 1.165) is 10.9 Å². The molecule has 1 aromatic rings. The third kappa shape index (κ3) is 7.53. The van der Waals surface area contributed by atoms with Gasteiger partial charge in [0, 0.05) is 4.47 Å². The highest BCUT2D eigenvalue weighted by molar-refractivity contribution is 9.10. The summed E-state index contributed by atoms with van der Waals surface area (Å²) in [5, 5.41) is 0. The summed E-state index contributed by atoms with van der Waals surface area (Å²) in [6, 6.07) is 8.30. The van der Waals surface area contributed by atoms with E-state index in [9.17, 15) is 0 Å². The molecule has 0 amide bonds. The van der Waals surface area contributed by atoms with Gasteiger partial charge in [-0.05, 0) is 42.7 Å². The van der Waals surface area contributed by atoms with Crippen LogP contribution in [0.3, 0.4) is 0 Å². The van der Waals surface area contributed by atoms with E-state index in [2.05, 4.69) is 58.9 Å². The van der Waals surface area contributed by atoms with Crippen LogP contribution in [0.5, 0.6) is 0 Å². The van der Waals surface area contributed by atoms with Crippen LogP contribution < -0.4 is 0 Å². The summed E-state index contributed by atoms with van der Waals surface area (Å²) in [6.45, 7) is 2.26. The van der Waals surface area contributed by atoms with E-state index in [1.54, 1.807) is 0 Å². The molecule has 1 aromatic carbocycles. The van der Waals surface area contributed by atoms with Crippen molar-refractivity contribution in [2.45, 2.75) is 51.9 Å². The quantitative estimate of drug-likeness (QED) is 0.387. The van der Waals surface area contributed by atoms with Gasteiger partial charge in [0.1, 0.15) is 0 Å². The first kappa shape index (κ1) is 15.3. The highest BCUT2D eigenvalue weighted by Crippen LogP contribution is 2.11. The van der Waals surface area contributed by atoms with Crippen molar-refractivity contribution in [2.75, 3.05) is 0 Å². The molecule has 0 bridgehead atoms. The van der Waals surface area contributed by atoms with Crippen LogP contribution in [0, 0.1) is 0 Å². The SMILES string of the molecule is CCCCCCCCC=C=Cc1ccc(Br)cc1. The molecule has 1 heteroatoms. The third-order valence-electron chi connectivity index (χ3n) is 2.94. The number of hydrogen-bond donors (Lipinski definition) is 0. The van der Waals surface area contributed by atoms with Gasteiger partial charge in [0.05, 0.1) is 0 Å². The lowest BCUT2D eigenvalue weighted by molar-refractivity contribution is 0.611. The van der Waals surface area contributed by atoms with Crippen molar-refractivity contribution in [2.24, 2.45) is 0 Å². The van der Waals surface area contributed by atoms with Crippen LogP contribution in [0.1, 0.15) is 57.4 Å². The highest BCUT2D eigenvalue weighted by atomic mass is 79.9. The predicted octanol–water partition coefficient (Wildman–Crippen LogP) is 6.37. The normalized spacial score (nSPS) is 9.89. The molecule has 0 aromatic heterocycles. The van der Waals surface area contributed by atoms with Crippen LogP contribution in [0.2, 0.25) is 0 Å². The molecule has 0 saturated carbocycles. The van der Waals surface area contributed by atoms with Crippen molar-refractivity contribution in [3.63, 3.8) is 0 Å². The molecular formula is C17H23Br. The standard InChI is InChI=1S/C17H23Br/c1-2-3-4-5-6-7-8-9-10-11-16-12-14-17(18)15-13-16/h9,11-15H,2-8H2,1H3. The van der Waals surface area contributed by atoms with Crippen molar-refractivity contribution in [1.29, 1.82) is 0 Å². The number of benzene rings is 1. The molecule has 0 aliphatic carbocycles.